The standard InChI is InChI=1S/C16H15N3O4/c1-10-16(22)19(12-4-2-3-5-14(12)23-10)9-15(21)18-11-8-17-7-6-13(11)20/h2-8,10H,9H2,1H3,(H,17,20)(H,18,21)/t10-/m1/s1. The van der Waals surface area contributed by atoms with Crippen LogP contribution in [0.15, 0.2) is 47.5 Å². The fourth-order valence-electron chi connectivity index (χ4n) is 2.37. The lowest BCUT2D eigenvalue weighted by molar-refractivity contribution is -0.127. The first-order chi connectivity index (χ1) is 11.1. The van der Waals surface area contributed by atoms with E-state index >= 15 is 0 Å². The molecule has 0 radical (unpaired) electrons. The average Bonchev–Trinajstić information content (AvgIpc) is 2.54. The number of benzene rings is 1. The van der Waals surface area contributed by atoms with E-state index in [1.165, 1.54) is 23.4 Å². The number of carbonyl (C=O) groups excluding carboxylic acids is 2. The summed E-state index contributed by atoms with van der Waals surface area (Å²) in [6, 6.07) is 8.32. The molecule has 1 aliphatic heterocycles. The molecular weight excluding hydrogens is 298 g/mol. The van der Waals surface area contributed by atoms with Gasteiger partial charge in [0.15, 0.2) is 6.10 Å². The molecule has 0 bridgehead atoms. The molecule has 1 aromatic heterocycles. The number of hydrogen-bond acceptors (Lipinski definition) is 4. The summed E-state index contributed by atoms with van der Waals surface area (Å²) >= 11 is 0. The van der Waals surface area contributed by atoms with Crippen LogP contribution in [-0.4, -0.2) is 29.4 Å². The molecule has 0 spiro atoms. The van der Waals surface area contributed by atoms with Crippen molar-refractivity contribution in [1.82, 2.24) is 4.98 Å². The Balaban J connectivity index is 1.81. The number of anilines is 2. The van der Waals surface area contributed by atoms with Crippen molar-refractivity contribution < 1.29 is 14.3 Å². The van der Waals surface area contributed by atoms with Crippen molar-refractivity contribution in [2.75, 3.05) is 16.8 Å². The summed E-state index contributed by atoms with van der Waals surface area (Å²) in [5.41, 5.74) is 0.367. The SMILES string of the molecule is C[C@H]1Oc2ccccc2N(CC(=O)Nc2c[nH]ccc2=O)C1=O. The van der Waals surface area contributed by atoms with Gasteiger partial charge < -0.3 is 15.0 Å². The van der Waals surface area contributed by atoms with Gasteiger partial charge in [0.05, 0.1) is 5.69 Å². The largest absolute Gasteiger partial charge is 0.479 e. The summed E-state index contributed by atoms with van der Waals surface area (Å²) in [6.45, 7) is 1.43. The van der Waals surface area contributed by atoms with Crippen LogP contribution in [0.25, 0.3) is 0 Å². The van der Waals surface area contributed by atoms with Crippen molar-refractivity contribution in [2.24, 2.45) is 0 Å². The third-order valence-corrected chi connectivity index (χ3v) is 3.47. The first kappa shape index (κ1) is 14.8. The third-order valence-electron chi connectivity index (χ3n) is 3.47. The summed E-state index contributed by atoms with van der Waals surface area (Å²) in [7, 11) is 0. The molecule has 7 heteroatoms. The van der Waals surface area contributed by atoms with E-state index in [-0.39, 0.29) is 23.6 Å². The van der Waals surface area contributed by atoms with E-state index < -0.39 is 12.0 Å². The molecule has 2 heterocycles. The van der Waals surface area contributed by atoms with Crippen LogP contribution in [0.1, 0.15) is 6.92 Å². The van der Waals surface area contributed by atoms with E-state index in [4.69, 9.17) is 4.74 Å². The fourth-order valence-corrected chi connectivity index (χ4v) is 2.37. The predicted molar refractivity (Wildman–Crippen MR) is 84.6 cm³/mol. The zero-order valence-corrected chi connectivity index (χ0v) is 12.4. The highest BCUT2D eigenvalue weighted by Gasteiger charge is 2.32. The minimum absolute atomic E-state index is 0.138. The van der Waals surface area contributed by atoms with Gasteiger partial charge in [0.25, 0.3) is 5.91 Å². The lowest BCUT2D eigenvalue weighted by atomic mass is 10.2. The summed E-state index contributed by atoms with van der Waals surface area (Å²) in [5.74, 6) is -0.218. The number of H-pyrrole nitrogens is 1. The molecule has 3 rings (SSSR count). The first-order valence-electron chi connectivity index (χ1n) is 7.10. The number of rotatable bonds is 3. The van der Waals surface area contributed by atoms with Crippen LogP contribution in [0.5, 0.6) is 5.75 Å². The monoisotopic (exact) mass is 313 g/mol. The van der Waals surface area contributed by atoms with Gasteiger partial charge in [0.2, 0.25) is 11.3 Å². The molecule has 1 atom stereocenters. The quantitative estimate of drug-likeness (QED) is 0.888. The Kier molecular flexibility index (Phi) is 3.84. The molecule has 1 aromatic carbocycles. The van der Waals surface area contributed by atoms with E-state index in [9.17, 15) is 14.4 Å². The van der Waals surface area contributed by atoms with Crippen molar-refractivity contribution in [2.45, 2.75) is 13.0 Å². The molecule has 23 heavy (non-hydrogen) atoms. The van der Waals surface area contributed by atoms with Gasteiger partial charge in [-0.1, -0.05) is 12.1 Å². The van der Waals surface area contributed by atoms with Gasteiger partial charge in [0.1, 0.15) is 18.0 Å². The molecule has 0 fully saturated rings. The molecule has 0 unspecified atom stereocenters. The van der Waals surface area contributed by atoms with E-state index in [0.29, 0.717) is 11.4 Å². The lowest BCUT2D eigenvalue weighted by Gasteiger charge is -2.32. The molecule has 2 amide bonds. The molecule has 7 nitrogen and oxygen atoms in total. The van der Waals surface area contributed by atoms with Crippen LogP contribution in [0.4, 0.5) is 11.4 Å². The predicted octanol–water partition coefficient (Wildman–Crippen LogP) is 1.13. The number of amides is 2. The fraction of sp³-hybridized carbons (Fsp3) is 0.188. The maximum absolute atomic E-state index is 12.3. The highest BCUT2D eigenvalue weighted by molar-refractivity contribution is 6.06. The highest BCUT2D eigenvalue weighted by atomic mass is 16.5. The van der Waals surface area contributed by atoms with Gasteiger partial charge >= 0.3 is 0 Å². The minimum atomic E-state index is -0.669. The van der Waals surface area contributed by atoms with E-state index in [1.54, 1.807) is 31.2 Å². The van der Waals surface area contributed by atoms with Crippen LogP contribution >= 0.6 is 0 Å². The Morgan fingerprint density at radius 1 is 1.30 bits per heavy atom. The maximum Gasteiger partial charge on any atom is 0.268 e. The van der Waals surface area contributed by atoms with Gasteiger partial charge in [-0.2, -0.15) is 0 Å². The number of hydrogen-bond donors (Lipinski definition) is 2. The molecule has 0 saturated heterocycles. The lowest BCUT2D eigenvalue weighted by Crippen LogP contribution is -2.47. The second-order valence-corrected chi connectivity index (χ2v) is 5.12. The van der Waals surface area contributed by atoms with Crippen LogP contribution < -0.4 is 20.4 Å². The number of ether oxygens (including phenoxy) is 1. The van der Waals surface area contributed by atoms with Crippen molar-refractivity contribution in [1.29, 1.82) is 0 Å². The number of carbonyl (C=O) groups is 2. The molecular formula is C16H15N3O4. The van der Waals surface area contributed by atoms with Gasteiger partial charge in [-0.3, -0.25) is 19.3 Å². The number of nitrogens with one attached hydrogen (secondary N) is 2. The molecule has 2 aromatic rings. The van der Waals surface area contributed by atoms with E-state index in [2.05, 4.69) is 10.3 Å². The van der Waals surface area contributed by atoms with Gasteiger partial charge in [-0.15, -0.1) is 0 Å². The molecule has 0 aliphatic carbocycles. The average molecular weight is 313 g/mol. The summed E-state index contributed by atoms with van der Waals surface area (Å²) < 4.78 is 5.52. The number of aromatic amines is 1. The third kappa shape index (κ3) is 2.94. The maximum atomic E-state index is 12.3. The molecule has 0 saturated carbocycles. The number of para-hydroxylation sites is 2. The minimum Gasteiger partial charge on any atom is -0.479 e. The smallest absolute Gasteiger partial charge is 0.268 e. The van der Waals surface area contributed by atoms with Crippen molar-refractivity contribution in [3.8, 4) is 5.75 Å². The normalized spacial score (nSPS) is 16.5. The Labute approximate surface area is 131 Å². The van der Waals surface area contributed by atoms with Gasteiger partial charge in [-0.25, -0.2) is 0 Å². The van der Waals surface area contributed by atoms with Gasteiger partial charge in [0, 0.05) is 18.5 Å². The number of pyridine rings is 1. The van der Waals surface area contributed by atoms with Crippen molar-refractivity contribution in [3.05, 3.63) is 52.9 Å². The zero-order chi connectivity index (χ0) is 16.4. The highest BCUT2D eigenvalue weighted by Crippen LogP contribution is 2.33. The summed E-state index contributed by atoms with van der Waals surface area (Å²) in [5, 5.41) is 2.51. The zero-order valence-electron chi connectivity index (χ0n) is 12.4. The Bertz CT molecular complexity index is 815. The number of fused-ring (bicyclic) bond motifs is 1. The van der Waals surface area contributed by atoms with Crippen LogP contribution in [0, 0.1) is 0 Å². The second kappa shape index (κ2) is 5.96. The number of aromatic nitrogens is 1. The van der Waals surface area contributed by atoms with Crippen LogP contribution in [-0.2, 0) is 9.59 Å². The topological polar surface area (TPSA) is 91.5 Å². The van der Waals surface area contributed by atoms with E-state index in [1.807, 2.05) is 0 Å². The first-order valence-corrected chi connectivity index (χ1v) is 7.10. The Hall–Kier alpha value is -3.09. The number of nitrogens with zero attached hydrogens (tertiary/aromatic N) is 1. The Morgan fingerprint density at radius 2 is 2.09 bits per heavy atom. The van der Waals surface area contributed by atoms with Gasteiger partial charge in [-0.05, 0) is 19.1 Å². The summed E-state index contributed by atoms with van der Waals surface area (Å²) in [4.78, 5) is 40.2. The molecule has 2 N–H and O–H groups in total. The van der Waals surface area contributed by atoms with E-state index in [0.717, 1.165) is 0 Å². The molecule has 1 aliphatic rings. The second-order valence-electron chi connectivity index (χ2n) is 5.12. The van der Waals surface area contributed by atoms with Crippen molar-refractivity contribution in [3.63, 3.8) is 0 Å². The summed E-state index contributed by atoms with van der Waals surface area (Å²) in [6.07, 6.45) is 2.21. The molecule has 118 valence electrons. The van der Waals surface area contributed by atoms with Crippen molar-refractivity contribution >= 4 is 23.2 Å². The van der Waals surface area contributed by atoms with Crippen LogP contribution in [0.3, 0.4) is 0 Å². The van der Waals surface area contributed by atoms with Crippen LogP contribution in [0.2, 0.25) is 0 Å². The Morgan fingerprint density at radius 3 is 2.87 bits per heavy atom.